The van der Waals surface area contributed by atoms with Gasteiger partial charge >= 0.3 is 6.09 Å². The van der Waals surface area contributed by atoms with Gasteiger partial charge in [0.2, 0.25) is 10.0 Å². The quantitative estimate of drug-likeness (QED) is 0.248. The summed E-state index contributed by atoms with van der Waals surface area (Å²) in [5.74, 6) is -1.18. The average Bonchev–Trinajstić information content (AvgIpc) is 3.06. The predicted molar refractivity (Wildman–Crippen MR) is 187 cm³/mol. The average molecular weight is 715 g/mol. The van der Waals surface area contributed by atoms with Crippen molar-refractivity contribution in [1.29, 1.82) is 0 Å². The zero-order chi connectivity index (χ0) is 35.3. The van der Waals surface area contributed by atoms with Gasteiger partial charge in [0.05, 0.1) is 17.1 Å². The summed E-state index contributed by atoms with van der Waals surface area (Å²) in [6, 6.07) is 19.0. The largest absolute Gasteiger partial charge is 0.435 e. The lowest BCUT2D eigenvalue weighted by atomic mass is 9.66. The van der Waals surface area contributed by atoms with Crippen molar-refractivity contribution in [1.82, 2.24) is 14.9 Å². The molecule has 0 spiro atoms. The lowest BCUT2D eigenvalue weighted by Gasteiger charge is -2.46. The molecule has 3 aromatic carbocycles. The van der Waals surface area contributed by atoms with Crippen LogP contribution in [0.15, 0.2) is 77.7 Å². The Balaban J connectivity index is 1.46. The van der Waals surface area contributed by atoms with Crippen LogP contribution in [0.4, 0.5) is 14.9 Å². The summed E-state index contributed by atoms with van der Waals surface area (Å²) < 4.78 is 56.5. The van der Waals surface area contributed by atoms with Gasteiger partial charge in [0.15, 0.2) is 6.10 Å². The molecule has 2 amide bonds. The Bertz CT molecular complexity index is 1720. The third-order valence-electron chi connectivity index (χ3n) is 9.39. The van der Waals surface area contributed by atoms with E-state index in [9.17, 15) is 18.0 Å². The summed E-state index contributed by atoms with van der Waals surface area (Å²) in [6.07, 6.45) is -1.51. The first kappa shape index (κ1) is 36.7. The molecule has 5 rings (SSSR count). The summed E-state index contributed by atoms with van der Waals surface area (Å²) in [6.45, 7) is 6.52. The number of anilines is 1. The molecule has 0 unspecified atom stereocenters. The molecular formula is C36H44ClFN4O6S. The van der Waals surface area contributed by atoms with E-state index in [1.54, 1.807) is 48.5 Å². The number of amides is 2. The monoisotopic (exact) mass is 714 g/mol. The number of rotatable bonds is 10. The zero-order valence-corrected chi connectivity index (χ0v) is 29.7. The number of benzene rings is 3. The van der Waals surface area contributed by atoms with Crippen LogP contribution in [-0.4, -0.2) is 75.3 Å². The number of sulfonamides is 1. The van der Waals surface area contributed by atoms with Crippen LogP contribution in [0.1, 0.15) is 51.2 Å². The number of ether oxygens (including phenoxy) is 2. The van der Waals surface area contributed by atoms with Gasteiger partial charge < -0.3 is 25.4 Å². The molecule has 0 bridgehead atoms. The molecule has 3 aromatic rings. The van der Waals surface area contributed by atoms with Crippen LogP contribution in [0.2, 0.25) is 5.02 Å². The van der Waals surface area contributed by atoms with Crippen molar-refractivity contribution in [3.05, 3.63) is 94.8 Å². The third-order valence-corrected chi connectivity index (χ3v) is 11.7. The molecule has 49 heavy (non-hydrogen) atoms. The SMILES string of the molecule is CNC(=O)O[C@H](C(=O)Nc1cccc(F)c1CC[C@H]1CNC[C@H](C)N1S(=O)(=O)c1ccccc1)C1(c2ccc(Cl)cc2)C[C@H](C)O[C@@H](C)C1. The summed E-state index contributed by atoms with van der Waals surface area (Å²) in [5.41, 5.74) is 0.187. The van der Waals surface area contributed by atoms with Gasteiger partial charge in [0, 0.05) is 53.9 Å². The molecule has 2 heterocycles. The van der Waals surface area contributed by atoms with Gasteiger partial charge in [0.25, 0.3) is 5.91 Å². The highest BCUT2D eigenvalue weighted by atomic mass is 35.5. The Morgan fingerprint density at radius 3 is 2.35 bits per heavy atom. The number of nitrogens with zero attached hydrogens (tertiary/aromatic N) is 1. The van der Waals surface area contributed by atoms with Crippen molar-refractivity contribution < 1.29 is 31.9 Å². The van der Waals surface area contributed by atoms with E-state index in [2.05, 4.69) is 16.0 Å². The summed E-state index contributed by atoms with van der Waals surface area (Å²) >= 11 is 6.23. The third kappa shape index (κ3) is 8.10. The summed E-state index contributed by atoms with van der Waals surface area (Å²) in [5, 5.41) is 9.14. The van der Waals surface area contributed by atoms with Crippen LogP contribution in [0, 0.1) is 5.82 Å². The van der Waals surface area contributed by atoms with E-state index in [0.717, 1.165) is 5.56 Å². The number of piperazine rings is 1. The molecule has 0 aromatic heterocycles. The van der Waals surface area contributed by atoms with Crippen LogP contribution in [0.5, 0.6) is 0 Å². The van der Waals surface area contributed by atoms with Crippen LogP contribution < -0.4 is 16.0 Å². The van der Waals surface area contributed by atoms with Crippen LogP contribution >= 0.6 is 11.6 Å². The Hall–Kier alpha value is -3.55. The molecule has 2 aliphatic rings. The number of carbonyl (C=O) groups is 2. The minimum absolute atomic E-state index is 0.132. The minimum atomic E-state index is -3.83. The Morgan fingerprint density at radius 1 is 1.02 bits per heavy atom. The van der Waals surface area contributed by atoms with Crippen LogP contribution in [0.3, 0.4) is 0 Å². The molecule has 13 heteroatoms. The molecule has 10 nitrogen and oxygen atoms in total. The van der Waals surface area contributed by atoms with E-state index in [-0.39, 0.29) is 47.2 Å². The topological polar surface area (TPSA) is 126 Å². The first-order valence-corrected chi connectivity index (χ1v) is 18.3. The van der Waals surface area contributed by atoms with E-state index in [1.807, 2.05) is 32.9 Å². The number of alkyl carbamates (subject to hydrolysis) is 1. The Morgan fingerprint density at radius 2 is 1.69 bits per heavy atom. The van der Waals surface area contributed by atoms with E-state index >= 15 is 4.39 Å². The van der Waals surface area contributed by atoms with Gasteiger partial charge in [-0.1, -0.05) is 48.0 Å². The van der Waals surface area contributed by atoms with Crippen molar-refractivity contribution in [2.75, 3.05) is 25.5 Å². The smallest absolute Gasteiger partial charge is 0.407 e. The Kier molecular flexibility index (Phi) is 11.7. The lowest BCUT2D eigenvalue weighted by molar-refractivity contribution is -0.137. The fraction of sp³-hybridized carbons (Fsp3) is 0.444. The van der Waals surface area contributed by atoms with Crippen molar-refractivity contribution in [3.8, 4) is 0 Å². The fourth-order valence-electron chi connectivity index (χ4n) is 7.38. The minimum Gasteiger partial charge on any atom is -0.435 e. The highest BCUT2D eigenvalue weighted by Gasteiger charge is 2.51. The number of carbonyl (C=O) groups excluding carboxylic acids is 2. The molecule has 0 radical (unpaired) electrons. The van der Waals surface area contributed by atoms with Gasteiger partial charge in [-0.2, -0.15) is 4.31 Å². The maximum Gasteiger partial charge on any atom is 0.407 e. The van der Waals surface area contributed by atoms with E-state index in [0.29, 0.717) is 31.0 Å². The van der Waals surface area contributed by atoms with Crippen molar-refractivity contribution >= 4 is 39.3 Å². The van der Waals surface area contributed by atoms with Crippen molar-refractivity contribution in [2.24, 2.45) is 0 Å². The van der Waals surface area contributed by atoms with Crippen LogP contribution in [-0.2, 0) is 36.1 Å². The van der Waals surface area contributed by atoms with Crippen LogP contribution in [0.25, 0.3) is 0 Å². The molecule has 264 valence electrons. The van der Waals surface area contributed by atoms with Gasteiger partial charge in [0.1, 0.15) is 5.82 Å². The second-order valence-electron chi connectivity index (χ2n) is 13.0. The van der Waals surface area contributed by atoms with Crippen molar-refractivity contribution in [3.63, 3.8) is 0 Å². The summed E-state index contributed by atoms with van der Waals surface area (Å²) in [4.78, 5) is 27.3. The first-order chi connectivity index (χ1) is 23.4. The van der Waals surface area contributed by atoms with Gasteiger partial charge in [-0.3, -0.25) is 4.79 Å². The molecule has 2 fully saturated rings. The van der Waals surface area contributed by atoms with Gasteiger partial charge in [-0.25, -0.2) is 17.6 Å². The van der Waals surface area contributed by atoms with Gasteiger partial charge in [-0.05, 0) is 88.4 Å². The highest BCUT2D eigenvalue weighted by Crippen LogP contribution is 2.44. The second-order valence-corrected chi connectivity index (χ2v) is 15.2. The normalized spacial score (nSPS) is 25.3. The molecular weight excluding hydrogens is 671 g/mol. The van der Waals surface area contributed by atoms with E-state index in [1.165, 1.54) is 23.5 Å². The first-order valence-electron chi connectivity index (χ1n) is 16.5. The maximum atomic E-state index is 15.6. The van der Waals surface area contributed by atoms with Gasteiger partial charge in [-0.15, -0.1) is 0 Å². The van der Waals surface area contributed by atoms with E-state index in [4.69, 9.17) is 21.1 Å². The number of hydrogen-bond acceptors (Lipinski definition) is 7. The molecule has 5 atom stereocenters. The molecule has 0 saturated carbocycles. The second kappa shape index (κ2) is 15.6. The zero-order valence-electron chi connectivity index (χ0n) is 28.1. The summed E-state index contributed by atoms with van der Waals surface area (Å²) in [7, 11) is -2.42. The Labute approximate surface area is 292 Å². The molecule has 2 saturated heterocycles. The standard InChI is InChI=1S/C36H44ClFN4O6S/c1-23-21-40-22-28(42(23)49(45,46)29-9-6-5-7-10-29)17-18-30-31(38)11-8-12-32(30)41-34(43)33(48-35(44)39-4)36(19-24(2)47-25(3)20-36)26-13-15-27(37)16-14-26/h5-16,23-25,28,33,40H,17-22H2,1-4H3,(H,39,44)(H,41,43)/t23-,24-,25-,28-,33+/m0/s1. The fourth-order valence-corrected chi connectivity index (χ4v) is 9.37. The number of nitrogens with one attached hydrogen (secondary N) is 3. The van der Waals surface area contributed by atoms with Crippen molar-refractivity contribution in [2.45, 2.75) is 87.2 Å². The molecule has 0 aliphatic carbocycles. The highest BCUT2D eigenvalue weighted by molar-refractivity contribution is 7.89. The lowest BCUT2D eigenvalue weighted by Crippen LogP contribution is -2.58. The number of hydrogen-bond donors (Lipinski definition) is 3. The molecule has 2 aliphatic heterocycles. The molecule has 3 N–H and O–H groups in total. The predicted octanol–water partition coefficient (Wildman–Crippen LogP) is 5.65. The maximum absolute atomic E-state index is 15.6. The number of halogens is 2. The van der Waals surface area contributed by atoms with E-state index < -0.39 is 45.4 Å².